The average Bonchev–Trinajstić information content (AvgIpc) is 3.02. The molecule has 2 aromatic carbocycles. The molecule has 4 rings (SSSR count). The molecule has 1 saturated heterocycles. The quantitative estimate of drug-likeness (QED) is 0.747. The fourth-order valence-corrected chi connectivity index (χ4v) is 4.12. The van der Waals surface area contributed by atoms with Crippen molar-refractivity contribution in [3.63, 3.8) is 0 Å². The van der Waals surface area contributed by atoms with Crippen LogP contribution in [0.2, 0.25) is 0 Å². The van der Waals surface area contributed by atoms with Gasteiger partial charge < -0.3 is 19.4 Å². The van der Waals surface area contributed by atoms with E-state index in [1.54, 1.807) is 15.9 Å². The average molecular weight is 426 g/mol. The van der Waals surface area contributed by atoms with Crippen LogP contribution in [0.25, 0.3) is 0 Å². The third-order valence-electron chi connectivity index (χ3n) is 5.55. The van der Waals surface area contributed by atoms with Gasteiger partial charge >= 0.3 is 6.09 Å². The Labute approximate surface area is 182 Å². The molecule has 0 aromatic heterocycles. The molecule has 0 aliphatic carbocycles. The van der Waals surface area contributed by atoms with Gasteiger partial charge in [0.1, 0.15) is 11.4 Å². The summed E-state index contributed by atoms with van der Waals surface area (Å²) < 4.78 is 19.0. The minimum absolute atomic E-state index is 0.0131. The molecule has 0 unspecified atom stereocenters. The Bertz CT molecular complexity index is 994. The molecule has 2 heterocycles. The summed E-state index contributed by atoms with van der Waals surface area (Å²) in [5, 5.41) is 0. The molecule has 164 valence electrons. The summed E-state index contributed by atoms with van der Waals surface area (Å²) in [6.07, 6.45) is 0.0366. The van der Waals surface area contributed by atoms with Crippen molar-refractivity contribution in [2.24, 2.45) is 0 Å². The molecule has 7 heteroatoms. The lowest BCUT2D eigenvalue weighted by Gasteiger charge is -2.37. The van der Waals surface area contributed by atoms with Crippen molar-refractivity contribution < 1.29 is 18.7 Å². The number of halogens is 1. The van der Waals surface area contributed by atoms with Crippen LogP contribution in [-0.2, 0) is 22.5 Å². The lowest BCUT2D eigenvalue weighted by atomic mass is 10.1. The molecule has 0 spiro atoms. The van der Waals surface area contributed by atoms with Gasteiger partial charge in [0, 0.05) is 43.1 Å². The minimum Gasteiger partial charge on any atom is -0.444 e. The summed E-state index contributed by atoms with van der Waals surface area (Å²) in [7, 11) is 0. The summed E-state index contributed by atoms with van der Waals surface area (Å²) >= 11 is 0. The Morgan fingerprint density at radius 2 is 1.71 bits per heavy atom. The summed E-state index contributed by atoms with van der Waals surface area (Å²) in [4.78, 5) is 30.8. The highest BCUT2D eigenvalue weighted by molar-refractivity contribution is 6.03. The molecule has 31 heavy (non-hydrogen) atoms. The normalized spacial score (nSPS) is 16.5. The van der Waals surface area contributed by atoms with Crippen molar-refractivity contribution in [2.45, 2.75) is 39.3 Å². The first-order chi connectivity index (χ1) is 14.7. The van der Waals surface area contributed by atoms with Crippen LogP contribution in [0.15, 0.2) is 42.5 Å². The van der Waals surface area contributed by atoms with Gasteiger partial charge in [0.25, 0.3) is 0 Å². The molecule has 2 aliphatic heterocycles. The van der Waals surface area contributed by atoms with Crippen LogP contribution in [0, 0.1) is 5.82 Å². The molecule has 0 N–H and O–H groups in total. The second kappa shape index (κ2) is 8.21. The van der Waals surface area contributed by atoms with Crippen molar-refractivity contribution in [3.8, 4) is 0 Å². The van der Waals surface area contributed by atoms with E-state index in [4.69, 9.17) is 4.74 Å². The molecular weight excluding hydrogens is 397 g/mol. The number of carbonyl (C=O) groups excluding carboxylic acids is 2. The maximum absolute atomic E-state index is 13.6. The number of rotatable bonds is 3. The molecule has 2 amide bonds. The zero-order chi connectivity index (χ0) is 22.2. The Balaban J connectivity index is 1.48. The van der Waals surface area contributed by atoms with Crippen LogP contribution < -0.4 is 9.80 Å². The first-order valence-electron chi connectivity index (χ1n) is 10.6. The second-order valence-electron chi connectivity index (χ2n) is 9.02. The predicted molar refractivity (Wildman–Crippen MR) is 118 cm³/mol. The van der Waals surface area contributed by atoms with E-state index in [1.165, 1.54) is 12.1 Å². The number of ether oxygens (including phenoxy) is 1. The van der Waals surface area contributed by atoms with Crippen LogP contribution in [0.3, 0.4) is 0 Å². The Kier molecular flexibility index (Phi) is 5.60. The standard InChI is InChI=1S/C24H28FN3O3/c1-24(2,3)31-23(30)27-12-10-26(11-13-27)20-8-5-9-21-19(20)15-22(29)28(21)16-17-6-4-7-18(25)14-17/h4-9,14H,10-13,15-16H2,1-3H3. The molecule has 1 fully saturated rings. The zero-order valence-electron chi connectivity index (χ0n) is 18.2. The molecule has 6 nitrogen and oxygen atoms in total. The number of amides is 2. The van der Waals surface area contributed by atoms with Crippen molar-refractivity contribution in [2.75, 3.05) is 36.0 Å². The van der Waals surface area contributed by atoms with Crippen LogP contribution >= 0.6 is 0 Å². The van der Waals surface area contributed by atoms with Gasteiger partial charge in [0.15, 0.2) is 0 Å². The zero-order valence-corrected chi connectivity index (χ0v) is 18.2. The SMILES string of the molecule is CC(C)(C)OC(=O)N1CCN(c2cccc3c2CC(=O)N3Cc2cccc(F)c2)CC1. The van der Waals surface area contributed by atoms with E-state index in [0.29, 0.717) is 39.1 Å². The van der Waals surface area contributed by atoms with Crippen LogP contribution in [-0.4, -0.2) is 48.7 Å². The molecule has 0 saturated carbocycles. The predicted octanol–water partition coefficient (Wildman–Crippen LogP) is 3.97. The molecule has 0 atom stereocenters. The third kappa shape index (κ3) is 4.65. The molecule has 0 bridgehead atoms. The minimum atomic E-state index is -0.514. The fraction of sp³-hybridized carbons (Fsp3) is 0.417. The van der Waals surface area contributed by atoms with Crippen molar-refractivity contribution in [1.82, 2.24) is 4.90 Å². The highest BCUT2D eigenvalue weighted by Crippen LogP contribution is 2.37. The van der Waals surface area contributed by atoms with Crippen molar-refractivity contribution in [1.29, 1.82) is 0 Å². The first-order valence-corrected chi connectivity index (χ1v) is 10.6. The van der Waals surface area contributed by atoms with Crippen molar-refractivity contribution in [3.05, 3.63) is 59.4 Å². The number of piperazine rings is 1. The maximum atomic E-state index is 13.6. The lowest BCUT2D eigenvalue weighted by Crippen LogP contribution is -2.50. The van der Waals surface area contributed by atoms with Crippen LogP contribution in [0.4, 0.5) is 20.6 Å². The van der Waals surface area contributed by atoms with Gasteiger partial charge in [-0.1, -0.05) is 18.2 Å². The first kappa shape index (κ1) is 21.2. The molecule has 2 aromatic rings. The van der Waals surface area contributed by atoms with E-state index in [1.807, 2.05) is 45.0 Å². The van der Waals surface area contributed by atoms with E-state index in [-0.39, 0.29) is 17.8 Å². The number of hydrogen-bond acceptors (Lipinski definition) is 4. The summed E-state index contributed by atoms with van der Waals surface area (Å²) in [6.45, 7) is 8.42. The third-order valence-corrected chi connectivity index (χ3v) is 5.55. The monoisotopic (exact) mass is 425 g/mol. The Hall–Kier alpha value is -3.09. The Morgan fingerprint density at radius 1 is 1.03 bits per heavy atom. The van der Waals surface area contributed by atoms with E-state index in [0.717, 1.165) is 22.5 Å². The number of carbonyl (C=O) groups is 2. The van der Waals surface area contributed by atoms with Gasteiger partial charge in [-0.25, -0.2) is 9.18 Å². The number of hydrogen-bond donors (Lipinski definition) is 0. The van der Waals surface area contributed by atoms with E-state index in [9.17, 15) is 14.0 Å². The van der Waals surface area contributed by atoms with Gasteiger partial charge in [-0.05, 0) is 50.6 Å². The molecule has 2 aliphatic rings. The van der Waals surface area contributed by atoms with Gasteiger partial charge in [-0.2, -0.15) is 0 Å². The number of nitrogens with zero attached hydrogens (tertiary/aromatic N) is 3. The van der Waals surface area contributed by atoms with Gasteiger partial charge in [-0.3, -0.25) is 4.79 Å². The number of anilines is 2. The highest BCUT2D eigenvalue weighted by Gasteiger charge is 2.32. The topological polar surface area (TPSA) is 53.1 Å². The fourth-order valence-electron chi connectivity index (χ4n) is 4.12. The summed E-state index contributed by atoms with van der Waals surface area (Å²) in [5.74, 6) is -0.292. The Morgan fingerprint density at radius 3 is 2.39 bits per heavy atom. The molecule has 0 radical (unpaired) electrons. The summed E-state index contributed by atoms with van der Waals surface area (Å²) in [6, 6.07) is 12.3. The van der Waals surface area contributed by atoms with Crippen LogP contribution in [0.5, 0.6) is 0 Å². The van der Waals surface area contributed by atoms with Crippen LogP contribution in [0.1, 0.15) is 31.9 Å². The smallest absolute Gasteiger partial charge is 0.410 e. The largest absolute Gasteiger partial charge is 0.444 e. The van der Waals surface area contributed by atoms with Gasteiger partial charge in [0.2, 0.25) is 5.91 Å². The van der Waals surface area contributed by atoms with E-state index >= 15 is 0 Å². The van der Waals surface area contributed by atoms with E-state index in [2.05, 4.69) is 4.90 Å². The number of benzene rings is 2. The molecular formula is C24H28FN3O3. The highest BCUT2D eigenvalue weighted by atomic mass is 19.1. The maximum Gasteiger partial charge on any atom is 0.410 e. The van der Waals surface area contributed by atoms with E-state index < -0.39 is 5.60 Å². The lowest BCUT2D eigenvalue weighted by molar-refractivity contribution is -0.117. The number of fused-ring (bicyclic) bond motifs is 1. The summed E-state index contributed by atoms with van der Waals surface area (Å²) in [5.41, 5.74) is 3.14. The van der Waals surface area contributed by atoms with Gasteiger partial charge in [0.05, 0.1) is 13.0 Å². The van der Waals surface area contributed by atoms with Gasteiger partial charge in [-0.15, -0.1) is 0 Å². The second-order valence-corrected chi connectivity index (χ2v) is 9.02. The van der Waals surface area contributed by atoms with Crippen molar-refractivity contribution >= 4 is 23.4 Å².